The van der Waals surface area contributed by atoms with Crippen LogP contribution in [-0.4, -0.2) is 143 Å². The fraction of sp³-hybridized carbons (Fsp3) is 0. The van der Waals surface area contributed by atoms with Crippen LogP contribution in [0, 0.1) is 0 Å². The second-order valence-electron chi connectivity index (χ2n) is 0.777. The topological polar surface area (TPSA) is 132 Å². The maximum atomic E-state index is 9.39. The van der Waals surface area contributed by atoms with Gasteiger partial charge in [-0.25, -0.2) is 4.79 Å². The van der Waals surface area contributed by atoms with Gasteiger partial charge in [0.1, 0.15) is 0 Å². The summed E-state index contributed by atoms with van der Waals surface area (Å²) in [5.41, 5.74) is 0. The molecule has 4 N–H and O–H groups in total. The molecule has 0 aromatic rings. The SMILES string of the molecule is O.O=C(O)OS(=O)(=O)O.[Ca+2].[Ca+2].[Ca+2].[H-].[H-].[H-].[H-].[H-].[H-]. The van der Waals surface area contributed by atoms with Crippen molar-refractivity contribution in [1.29, 1.82) is 0 Å². The van der Waals surface area contributed by atoms with Crippen LogP contribution in [0.25, 0.3) is 0 Å². The predicted octanol–water partition coefficient (Wildman–Crippen LogP) is -1.81. The average Bonchev–Trinajstić information content (AvgIpc) is 1.21. The Morgan fingerprint density at radius 1 is 1.25 bits per heavy atom. The summed E-state index contributed by atoms with van der Waals surface area (Å²) in [6.07, 6.45) is -2.06. The van der Waals surface area contributed by atoms with Crippen molar-refractivity contribution in [3.05, 3.63) is 0 Å². The molecule has 0 fully saturated rings. The first-order valence-electron chi connectivity index (χ1n) is 1.31. The Kier molecular flexibility index (Phi) is 34.1. The summed E-state index contributed by atoms with van der Waals surface area (Å²) in [4.78, 5) is 9.25. The van der Waals surface area contributed by atoms with Crippen LogP contribution in [0.4, 0.5) is 4.79 Å². The molecule has 0 saturated heterocycles. The van der Waals surface area contributed by atoms with Crippen molar-refractivity contribution in [1.82, 2.24) is 0 Å². The van der Waals surface area contributed by atoms with E-state index in [9.17, 15) is 13.2 Å². The monoisotopic (exact) mass is 286 g/mol. The van der Waals surface area contributed by atoms with Crippen molar-refractivity contribution in [3.63, 3.8) is 0 Å². The van der Waals surface area contributed by atoms with Crippen molar-refractivity contribution >= 4 is 130 Å². The van der Waals surface area contributed by atoms with Gasteiger partial charge in [0.15, 0.2) is 0 Å². The van der Waals surface area contributed by atoms with Gasteiger partial charge in [0.25, 0.3) is 0 Å². The van der Waals surface area contributed by atoms with Crippen molar-refractivity contribution in [2.24, 2.45) is 0 Å². The van der Waals surface area contributed by atoms with E-state index in [2.05, 4.69) is 4.18 Å². The van der Waals surface area contributed by atoms with E-state index >= 15 is 0 Å². The van der Waals surface area contributed by atoms with Gasteiger partial charge in [-0.2, -0.15) is 8.42 Å². The molecule has 0 unspecified atom stereocenters. The first kappa shape index (κ1) is 29.4. The Morgan fingerprint density at radius 2 is 1.50 bits per heavy atom. The molecular formula is CH10Ca3O7S. The van der Waals surface area contributed by atoms with E-state index in [4.69, 9.17) is 9.66 Å². The molecule has 0 radical (unpaired) electrons. The Bertz CT molecular complexity index is 201. The fourth-order valence-corrected chi connectivity index (χ4v) is 0.270. The smallest absolute Gasteiger partial charge is 1.00 e. The number of carbonyl (C=O) groups is 1. The molecule has 0 aromatic carbocycles. The minimum absolute atomic E-state index is 0. The fourth-order valence-electron chi connectivity index (χ4n) is 0.0901. The maximum absolute atomic E-state index is 9.39. The molecule has 0 rings (SSSR count). The molecule has 0 atom stereocenters. The Labute approximate surface area is 167 Å². The molecular weight excluding hydrogens is 276 g/mol. The average molecular weight is 286 g/mol. The van der Waals surface area contributed by atoms with Gasteiger partial charge in [-0.05, 0) is 0 Å². The van der Waals surface area contributed by atoms with Crippen LogP contribution >= 0.6 is 0 Å². The summed E-state index contributed by atoms with van der Waals surface area (Å²) >= 11 is 0. The van der Waals surface area contributed by atoms with Gasteiger partial charge in [0.05, 0.1) is 0 Å². The quantitative estimate of drug-likeness (QED) is 0.431. The predicted molar refractivity (Wildman–Crippen MR) is 48.2 cm³/mol. The van der Waals surface area contributed by atoms with Crippen LogP contribution in [0.15, 0.2) is 0 Å². The third kappa shape index (κ3) is 29.3. The molecule has 0 aliphatic rings. The molecule has 0 aromatic heterocycles. The Balaban J connectivity index is -0.00000000544. The van der Waals surface area contributed by atoms with E-state index in [1.165, 1.54) is 0 Å². The molecule has 11 heteroatoms. The molecule has 0 amide bonds. The summed E-state index contributed by atoms with van der Waals surface area (Å²) < 4.78 is 29.2. The molecule has 12 heavy (non-hydrogen) atoms. The minimum Gasteiger partial charge on any atom is -1.00 e. The Morgan fingerprint density at radius 3 is 1.50 bits per heavy atom. The zero-order chi connectivity index (χ0) is 6.78. The van der Waals surface area contributed by atoms with Gasteiger partial charge >= 0.3 is 130 Å². The van der Waals surface area contributed by atoms with Crippen LogP contribution in [-0.2, 0) is 14.6 Å². The van der Waals surface area contributed by atoms with E-state index < -0.39 is 16.6 Å². The first-order valence-corrected chi connectivity index (χ1v) is 2.68. The van der Waals surface area contributed by atoms with Crippen LogP contribution in [0.2, 0.25) is 0 Å². The van der Waals surface area contributed by atoms with Crippen molar-refractivity contribution in [2.45, 2.75) is 0 Å². The molecule has 0 aliphatic carbocycles. The third-order valence-corrected chi connectivity index (χ3v) is 0.530. The summed E-state index contributed by atoms with van der Waals surface area (Å²) in [7, 11) is -4.82. The van der Waals surface area contributed by atoms with Crippen molar-refractivity contribution in [3.8, 4) is 0 Å². The standard InChI is InChI=1S/CH2O6S.3Ca.H2O.6H/c2-1(3)7-8(4,5)6;;;;;;;;;;/h(H,2,3)(H,4,5,6);;;;1H2;;;;;;/q;3*+2;;6*-1. The van der Waals surface area contributed by atoms with Crippen LogP contribution < -0.4 is 0 Å². The van der Waals surface area contributed by atoms with E-state index in [-0.39, 0.29) is 127 Å². The molecule has 0 aliphatic heterocycles. The largest absolute Gasteiger partial charge is 2.00 e. The normalized spacial score (nSPS) is 7.08. The van der Waals surface area contributed by atoms with Crippen LogP contribution in [0.5, 0.6) is 0 Å². The summed E-state index contributed by atoms with van der Waals surface area (Å²) in [6, 6.07) is 0. The van der Waals surface area contributed by atoms with Crippen molar-refractivity contribution < 1.29 is 41.1 Å². The molecule has 0 bridgehead atoms. The first-order chi connectivity index (χ1) is 3.42. The maximum Gasteiger partial charge on any atom is 2.00 e. The molecule has 0 heterocycles. The summed E-state index contributed by atoms with van der Waals surface area (Å²) in [6.45, 7) is 0. The van der Waals surface area contributed by atoms with Crippen molar-refractivity contribution in [2.75, 3.05) is 0 Å². The van der Waals surface area contributed by atoms with Gasteiger partial charge in [-0.1, -0.05) is 0 Å². The van der Waals surface area contributed by atoms with E-state index in [0.717, 1.165) is 0 Å². The zero-order valence-electron chi connectivity index (χ0n) is 12.1. The van der Waals surface area contributed by atoms with Gasteiger partial charge in [-0.3, -0.25) is 8.74 Å². The van der Waals surface area contributed by atoms with E-state index in [1.54, 1.807) is 0 Å². The minimum atomic E-state index is -4.82. The Hall–Kier alpha value is 2.92. The molecule has 7 nitrogen and oxygen atoms in total. The molecule has 68 valence electrons. The van der Waals surface area contributed by atoms with Crippen LogP contribution in [0.1, 0.15) is 8.56 Å². The summed E-state index contributed by atoms with van der Waals surface area (Å²) in [5, 5.41) is 7.49. The summed E-state index contributed by atoms with van der Waals surface area (Å²) in [5.74, 6) is 0. The number of hydrogen-bond acceptors (Lipinski definition) is 4. The molecule has 0 spiro atoms. The number of rotatable bonds is 1. The molecule has 0 saturated carbocycles. The van der Waals surface area contributed by atoms with Crippen LogP contribution in [0.3, 0.4) is 0 Å². The van der Waals surface area contributed by atoms with E-state index in [0.29, 0.717) is 0 Å². The van der Waals surface area contributed by atoms with Gasteiger partial charge in [0, 0.05) is 0 Å². The second-order valence-corrected chi connectivity index (χ2v) is 1.80. The van der Waals surface area contributed by atoms with E-state index in [1.807, 2.05) is 0 Å². The van der Waals surface area contributed by atoms with Gasteiger partial charge in [-0.15, -0.1) is 0 Å². The number of carboxylic acid groups (broad SMARTS) is 1. The third-order valence-electron chi connectivity index (χ3n) is 0.177. The van der Waals surface area contributed by atoms with Gasteiger partial charge < -0.3 is 19.1 Å². The second kappa shape index (κ2) is 13.9. The number of hydrogen-bond donors (Lipinski definition) is 2. The van der Waals surface area contributed by atoms with Gasteiger partial charge in [0.2, 0.25) is 0 Å². The zero-order valence-corrected chi connectivity index (χ0v) is 13.5.